The van der Waals surface area contributed by atoms with Gasteiger partial charge in [0, 0.05) is 30.1 Å². The number of carbonyl (C=O) groups is 1. The lowest BCUT2D eigenvalue weighted by atomic mass is 9.80. The van der Waals surface area contributed by atoms with Gasteiger partial charge >= 0.3 is 0 Å². The first-order valence-corrected chi connectivity index (χ1v) is 10.6. The summed E-state index contributed by atoms with van der Waals surface area (Å²) in [4.78, 5) is 13.4. The number of hydrogen-bond acceptors (Lipinski definition) is 2. The number of aldehydes is 1. The maximum absolute atomic E-state index is 10.7. The third kappa shape index (κ3) is 3.82. The Bertz CT molecular complexity index is 925. The molecule has 0 amide bonds. The molecule has 0 aromatic heterocycles. The summed E-state index contributed by atoms with van der Waals surface area (Å²) in [6, 6.07) is 24.7. The fourth-order valence-corrected chi connectivity index (χ4v) is 4.86. The molecule has 0 radical (unpaired) electrons. The highest BCUT2D eigenvalue weighted by Gasteiger charge is 2.27. The van der Waals surface area contributed by atoms with Crippen LogP contribution < -0.4 is 4.90 Å². The van der Waals surface area contributed by atoms with Crippen molar-refractivity contribution in [3.8, 4) is 0 Å². The topological polar surface area (TPSA) is 20.3 Å². The van der Waals surface area contributed by atoms with Crippen LogP contribution in [0.5, 0.6) is 0 Å². The molecule has 3 aromatic rings. The molecule has 0 aliphatic heterocycles. The van der Waals surface area contributed by atoms with Gasteiger partial charge in [-0.25, -0.2) is 0 Å². The minimum absolute atomic E-state index is 0.512. The molecule has 4 rings (SSSR count). The molecule has 0 N–H and O–H groups in total. The fraction of sp³-hybridized carbons (Fsp3) is 0.346. The number of rotatable bonds is 6. The molecule has 1 fully saturated rings. The van der Waals surface area contributed by atoms with E-state index in [1.54, 1.807) is 0 Å². The molecule has 0 heterocycles. The van der Waals surface area contributed by atoms with Crippen molar-refractivity contribution in [2.45, 2.75) is 51.0 Å². The van der Waals surface area contributed by atoms with Gasteiger partial charge in [0.25, 0.3) is 0 Å². The average molecular weight is 372 g/mol. The third-order valence-electron chi connectivity index (χ3n) is 6.27. The summed E-state index contributed by atoms with van der Waals surface area (Å²) in [6.45, 7) is 3.31. The predicted octanol–water partition coefficient (Wildman–Crippen LogP) is 6.13. The molecular formula is C26H29NO. The van der Waals surface area contributed by atoms with Gasteiger partial charge in [0.05, 0.1) is 0 Å². The zero-order valence-corrected chi connectivity index (χ0v) is 16.7. The molecule has 2 heteroatoms. The maximum atomic E-state index is 10.7. The Kier molecular flexibility index (Phi) is 5.76. The van der Waals surface area contributed by atoms with Gasteiger partial charge in [-0.05, 0) is 54.7 Å². The highest BCUT2D eigenvalue weighted by molar-refractivity contribution is 5.94. The monoisotopic (exact) mass is 371 g/mol. The van der Waals surface area contributed by atoms with Gasteiger partial charge in [-0.1, -0.05) is 67.1 Å². The Morgan fingerprint density at radius 3 is 2.54 bits per heavy atom. The molecule has 2 atom stereocenters. The van der Waals surface area contributed by atoms with Gasteiger partial charge in [-0.15, -0.1) is 0 Å². The van der Waals surface area contributed by atoms with Crippen molar-refractivity contribution in [1.82, 2.24) is 0 Å². The summed E-state index contributed by atoms with van der Waals surface area (Å²) in [6.07, 6.45) is 6.48. The van der Waals surface area contributed by atoms with Crippen LogP contribution in [0.4, 0.5) is 5.69 Å². The Morgan fingerprint density at radius 1 is 0.964 bits per heavy atom. The average Bonchev–Trinajstić information content (AvgIpc) is 2.75. The van der Waals surface area contributed by atoms with Crippen molar-refractivity contribution >= 4 is 22.7 Å². The molecule has 2 unspecified atom stereocenters. The molecule has 2 nitrogen and oxygen atoms in total. The number of benzene rings is 3. The normalized spacial score (nSPS) is 19.5. The van der Waals surface area contributed by atoms with E-state index in [-0.39, 0.29) is 0 Å². The molecule has 28 heavy (non-hydrogen) atoms. The van der Waals surface area contributed by atoms with E-state index in [1.807, 2.05) is 0 Å². The van der Waals surface area contributed by atoms with E-state index >= 15 is 0 Å². The van der Waals surface area contributed by atoms with Gasteiger partial charge in [0.1, 0.15) is 6.29 Å². The van der Waals surface area contributed by atoms with Crippen molar-refractivity contribution in [2.24, 2.45) is 0 Å². The largest absolute Gasteiger partial charge is 0.368 e. The van der Waals surface area contributed by atoms with Gasteiger partial charge in [-0.3, -0.25) is 0 Å². The lowest BCUT2D eigenvalue weighted by Gasteiger charge is -2.39. The number of fused-ring (bicyclic) bond motifs is 1. The van der Waals surface area contributed by atoms with E-state index in [1.165, 1.54) is 47.7 Å². The zero-order valence-electron chi connectivity index (χ0n) is 16.7. The predicted molar refractivity (Wildman–Crippen MR) is 118 cm³/mol. The van der Waals surface area contributed by atoms with Crippen LogP contribution >= 0.6 is 0 Å². The van der Waals surface area contributed by atoms with Crippen LogP contribution in [0.1, 0.15) is 49.7 Å². The van der Waals surface area contributed by atoms with Crippen molar-refractivity contribution in [2.75, 3.05) is 11.4 Å². The maximum Gasteiger partial charge on any atom is 0.124 e. The Morgan fingerprint density at radius 2 is 1.75 bits per heavy atom. The molecule has 0 spiro atoms. The minimum atomic E-state index is 0.512. The second kappa shape index (κ2) is 8.60. The lowest BCUT2D eigenvalue weighted by Crippen LogP contribution is -2.38. The summed E-state index contributed by atoms with van der Waals surface area (Å²) in [5.41, 5.74) is 3.90. The van der Waals surface area contributed by atoms with E-state index in [0.29, 0.717) is 18.4 Å². The summed E-state index contributed by atoms with van der Waals surface area (Å²) in [5.74, 6) is 0.605. The van der Waals surface area contributed by atoms with Crippen molar-refractivity contribution in [3.05, 3.63) is 77.9 Å². The molecule has 0 saturated heterocycles. The van der Waals surface area contributed by atoms with E-state index < -0.39 is 0 Å². The van der Waals surface area contributed by atoms with E-state index in [4.69, 9.17) is 0 Å². The van der Waals surface area contributed by atoms with E-state index in [0.717, 1.165) is 18.4 Å². The van der Waals surface area contributed by atoms with E-state index in [2.05, 4.69) is 78.6 Å². The minimum Gasteiger partial charge on any atom is -0.368 e. The van der Waals surface area contributed by atoms with Gasteiger partial charge in [-0.2, -0.15) is 0 Å². The first kappa shape index (κ1) is 18.7. The molecule has 144 valence electrons. The third-order valence-corrected chi connectivity index (χ3v) is 6.27. The van der Waals surface area contributed by atoms with Crippen molar-refractivity contribution in [3.63, 3.8) is 0 Å². The van der Waals surface area contributed by atoms with Gasteiger partial charge in [0.2, 0.25) is 0 Å². The summed E-state index contributed by atoms with van der Waals surface area (Å²) < 4.78 is 0. The summed E-state index contributed by atoms with van der Waals surface area (Å²) in [7, 11) is 0. The summed E-state index contributed by atoms with van der Waals surface area (Å²) in [5, 5.41) is 2.67. The number of nitrogens with zero attached hydrogens (tertiary/aromatic N) is 1. The SMILES string of the molecule is CCN(c1cccc2ccccc12)C1CCCC(c2ccc(CC=O)cc2)C1. The van der Waals surface area contributed by atoms with Gasteiger partial charge < -0.3 is 9.69 Å². The van der Waals surface area contributed by atoms with Crippen LogP contribution in [0, 0.1) is 0 Å². The molecular weight excluding hydrogens is 342 g/mol. The van der Waals surface area contributed by atoms with Crippen LogP contribution in [-0.2, 0) is 11.2 Å². The Labute approximate surface area is 168 Å². The van der Waals surface area contributed by atoms with Crippen LogP contribution in [-0.4, -0.2) is 18.9 Å². The van der Waals surface area contributed by atoms with Crippen LogP contribution in [0.3, 0.4) is 0 Å². The van der Waals surface area contributed by atoms with Crippen molar-refractivity contribution < 1.29 is 4.79 Å². The standard InChI is InChI=1S/C26H29NO/c1-2-27(26-12-6-8-22-7-3-4-11-25(22)26)24-10-5-9-23(19-24)21-15-13-20(14-16-21)17-18-28/h3-4,6-8,11-16,18,23-24H,2,5,9-10,17,19H2,1H3. The summed E-state index contributed by atoms with van der Waals surface area (Å²) >= 11 is 0. The first-order valence-electron chi connectivity index (χ1n) is 10.6. The second-order valence-electron chi connectivity index (χ2n) is 7.91. The number of carbonyl (C=O) groups excluding carboxylic acids is 1. The Hall–Kier alpha value is -2.61. The Balaban J connectivity index is 1.58. The molecule has 1 aliphatic carbocycles. The van der Waals surface area contributed by atoms with E-state index in [9.17, 15) is 4.79 Å². The molecule has 0 bridgehead atoms. The highest BCUT2D eigenvalue weighted by atomic mass is 16.1. The quantitative estimate of drug-likeness (QED) is 0.486. The zero-order chi connectivity index (χ0) is 19.3. The second-order valence-corrected chi connectivity index (χ2v) is 7.91. The fourth-order valence-electron chi connectivity index (χ4n) is 4.86. The smallest absolute Gasteiger partial charge is 0.124 e. The molecule has 1 aliphatic rings. The van der Waals surface area contributed by atoms with Gasteiger partial charge in [0.15, 0.2) is 0 Å². The van der Waals surface area contributed by atoms with Crippen LogP contribution in [0.25, 0.3) is 10.8 Å². The highest BCUT2D eigenvalue weighted by Crippen LogP contribution is 2.38. The first-order chi connectivity index (χ1) is 13.8. The van der Waals surface area contributed by atoms with Crippen LogP contribution in [0.2, 0.25) is 0 Å². The van der Waals surface area contributed by atoms with Crippen LogP contribution in [0.15, 0.2) is 66.7 Å². The van der Waals surface area contributed by atoms with Crippen molar-refractivity contribution in [1.29, 1.82) is 0 Å². The number of hydrogen-bond donors (Lipinski definition) is 0. The molecule has 3 aromatic carbocycles. The molecule has 1 saturated carbocycles. The lowest BCUT2D eigenvalue weighted by molar-refractivity contribution is -0.107. The number of anilines is 1.